The lowest BCUT2D eigenvalue weighted by Crippen LogP contribution is -2.33. The van der Waals surface area contributed by atoms with Crippen molar-refractivity contribution in [2.75, 3.05) is 26.1 Å². The summed E-state index contributed by atoms with van der Waals surface area (Å²) in [6, 6.07) is 5.52. The van der Waals surface area contributed by atoms with Crippen LogP contribution in [0.5, 0.6) is 11.5 Å². The van der Waals surface area contributed by atoms with Gasteiger partial charge in [-0.2, -0.15) is 0 Å². The zero-order valence-electron chi connectivity index (χ0n) is 16.5. The van der Waals surface area contributed by atoms with Crippen LogP contribution >= 0.6 is 0 Å². The van der Waals surface area contributed by atoms with Gasteiger partial charge in [-0.15, -0.1) is 0 Å². The summed E-state index contributed by atoms with van der Waals surface area (Å²) in [4.78, 5) is 12.8. The Labute approximate surface area is 171 Å². The number of nitrogens with zero attached hydrogens (tertiary/aromatic N) is 4. The van der Waals surface area contributed by atoms with Crippen molar-refractivity contribution in [3.8, 4) is 11.5 Å². The average Bonchev–Trinajstić information content (AvgIpc) is 3.33. The Morgan fingerprint density at radius 2 is 1.97 bits per heavy atom. The molecule has 30 heavy (non-hydrogen) atoms. The number of fused-ring (bicyclic) bond motifs is 1. The molecule has 0 amide bonds. The van der Waals surface area contributed by atoms with Crippen molar-refractivity contribution in [2.24, 2.45) is 0 Å². The van der Waals surface area contributed by atoms with Crippen LogP contribution in [0.1, 0.15) is 11.8 Å². The number of aromatic nitrogens is 4. The largest absolute Gasteiger partial charge is 0.497 e. The van der Waals surface area contributed by atoms with Gasteiger partial charge in [0.1, 0.15) is 36.1 Å². The van der Waals surface area contributed by atoms with Crippen LogP contribution in [0.25, 0.3) is 11.2 Å². The second kappa shape index (κ2) is 8.40. The van der Waals surface area contributed by atoms with Crippen molar-refractivity contribution in [3.05, 3.63) is 36.4 Å². The minimum Gasteiger partial charge on any atom is -0.497 e. The third-order valence-electron chi connectivity index (χ3n) is 5.09. The molecule has 0 saturated carbocycles. The van der Waals surface area contributed by atoms with Crippen LogP contribution < -0.4 is 14.8 Å². The van der Waals surface area contributed by atoms with Gasteiger partial charge in [0.25, 0.3) is 0 Å². The molecule has 4 N–H and O–H groups in total. The fraction of sp³-hybridized carbons (Fsp3) is 0.421. The number of hydrogen-bond acceptors (Lipinski definition) is 10. The number of imidazole rings is 1. The van der Waals surface area contributed by atoms with Crippen molar-refractivity contribution in [3.63, 3.8) is 0 Å². The average molecular weight is 417 g/mol. The maximum absolute atomic E-state index is 10.3. The lowest BCUT2D eigenvalue weighted by atomic mass is 10.1. The highest BCUT2D eigenvalue weighted by Gasteiger charge is 2.44. The molecule has 0 radical (unpaired) electrons. The third kappa shape index (κ3) is 3.52. The summed E-state index contributed by atoms with van der Waals surface area (Å²) in [7, 11) is 3.18. The molecule has 1 saturated heterocycles. The first-order valence-corrected chi connectivity index (χ1v) is 9.32. The lowest BCUT2D eigenvalue weighted by Gasteiger charge is -2.16. The number of methoxy groups -OCH3 is 2. The van der Waals surface area contributed by atoms with Gasteiger partial charge in [0.15, 0.2) is 23.2 Å². The van der Waals surface area contributed by atoms with E-state index in [4.69, 9.17) is 14.2 Å². The van der Waals surface area contributed by atoms with Crippen molar-refractivity contribution < 1.29 is 29.5 Å². The van der Waals surface area contributed by atoms with Gasteiger partial charge in [0.05, 0.1) is 27.2 Å². The third-order valence-corrected chi connectivity index (χ3v) is 5.09. The number of ether oxygens (including phenoxy) is 3. The molecule has 0 spiro atoms. The Balaban J connectivity index is 1.59. The number of nitrogens with one attached hydrogen (secondary N) is 1. The van der Waals surface area contributed by atoms with Crippen molar-refractivity contribution in [1.82, 2.24) is 19.5 Å². The van der Waals surface area contributed by atoms with E-state index in [0.717, 1.165) is 5.56 Å². The molecule has 1 aliphatic rings. The molecule has 3 heterocycles. The van der Waals surface area contributed by atoms with Crippen LogP contribution in [0.4, 0.5) is 5.82 Å². The molecule has 160 valence electrons. The van der Waals surface area contributed by atoms with Gasteiger partial charge in [-0.25, -0.2) is 15.0 Å². The Bertz CT molecular complexity index is 1030. The van der Waals surface area contributed by atoms with E-state index in [0.29, 0.717) is 35.0 Å². The summed E-state index contributed by atoms with van der Waals surface area (Å²) in [5.74, 6) is 1.85. The Morgan fingerprint density at radius 1 is 1.13 bits per heavy atom. The standard InChI is InChI=1S/C19H23N5O6/c1-28-11-4-3-10(12(5-11)29-2)6-20-17-14-18(22-8-21-17)24(9-23-14)19-16(27)15(26)13(7-25)30-19/h3-5,8-9,13,15-16,19,25-27H,6-7H2,1-2H3,(H,20,21,22)/t13-,15-,16+,19?/m1/s1. The van der Waals surface area contributed by atoms with Crippen LogP contribution in [0.15, 0.2) is 30.9 Å². The molecule has 1 fully saturated rings. The molecule has 11 nitrogen and oxygen atoms in total. The Morgan fingerprint density at radius 3 is 2.67 bits per heavy atom. The quantitative estimate of drug-likeness (QED) is 0.417. The van der Waals surface area contributed by atoms with Gasteiger partial charge in [0.2, 0.25) is 0 Å². The van der Waals surface area contributed by atoms with Crippen LogP contribution in [-0.2, 0) is 11.3 Å². The fourth-order valence-corrected chi connectivity index (χ4v) is 3.45. The smallest absolute Gasteiger partial charge is 0.167 e. The van der Waals surface area contributed by atoms with E-state index in [9.17, 15) is 15.3 Å². The second-order valence-corrected chi connectivity index (χ2v) is 6.81. The zero-order chi connectivity index (χ0) is 21.3. The van der Waals surface area contributed by atoms with Crippen molar-refractivity contribution >= 4 is 17.0 Å². The minimum atomic E-state index is -1.23. The molecule has 4 atom stereocenters. The molecule has 1 unspecified atom stereocenters. The van der Waals surface area contributed by atoms with Gasteiger partial charge >= 0.3 is 0 Å². The molecule has 3 aromatic rings. The SMILES string of the molecule is COc1ccc(CNc2ncnc3c2ncn3C2O[C@H](CO)[C@@H](O)[C@@H]2O)c(OC)c1. The first-order chi connectivity index (χ1) is 14.6. The van der Waals surface area contributed by atoms with Gasteiger partial charge in [0, 0.05) is 18.2 Å². The van der Waals surface area contributed by atoms with Crippen LogP contribution in [-0.4, -0.2) is 74.0 Å². The number of aliphatic hydroxyl groups excluding tert-OH is 3. The number of benzene rings is 1. The highest BCUT2D eigenvalue weighted by Crippen LogP contribution is 2.32. The van der Waals surface area contributed by atoms with E-state index in [-0.39, 0.29) is 0 Å². The minimum absolute atomic E-state index is 0.410. The Kier molecular flexibility index (Phi) is 5.68. The summed E-state index contributed by atoms with van der Waals surface area (Å²) in [6.45, 7) is 0.00678. The summed E-state index contributed by atoms with van der Waals surface area (Å²) >= 11 is 0. The summed E-state index contributed by atoms with van der Waals surface area (Å²) < 4.78 is 17.7. The van der Waals surface area contributed by atoms with Crippen LogP contribution in [0.3, 0.4) is 0 Å². The van der Waals surface area contributed by atoms with Gasteiger partial charge in [-0.05, 0) is 12.1 Å². The summed E-state index contributed by atoms with van der Waals surface area (Å²) in [6.07, 6.45) is -1.42. The molecule has 4 rings (SSSR count). The fourth-order valence-electron chi connectivity index (χ4n) is 3.45. The summed E-state index contributed by atoms with van der Waals surface area (Å²) in [5, 5.41) is 32.8. The number of anilines is 1. The van der Waals surface area contributed by atoms with Gasteiger partial charge in [-0.1, -0.05) is 0 Å². The van der Waals surface area contributed by atoms with E-state index in [1.54, 1.807) is 20.3 Å². The van der Waals surface area contributed by atoms with E-state index in [1.165, 1.54) is 17.2 Å². The van der Waals surface area contributed by atoms with E-state index < -0.39 is 31.1 Å². The molecule has 1 aromatic carbocycles. The highest BCUT2D eigenvalue weighted by molar-refractivity contribution is 5.82. The number of hydrogen-bond donors (Lipinski definition) is 4. The number of rotatable bonds is 7. The first-order valence-electron chi connectivity index (χ1n) is 9.32. The molecular formula is C19H23N5O6. The number of aliphatic hydroxyl groups is 3. The van der Waals surface area contributed by atoms with Gasteiger partial charge < -0.3 is 34.8 Å². The molecule has 0 aliphatic carbocycles. The topological polar surface area (TPSA) is 144 Å². The molecule has 1 aliphatic heterocycles. The van der Waals surface area contributed by atoms with E-state index in [2.05, 4.69) is 20.3 Å². The summed E-state index contributed by atoms with van der Waals surface area (Å²) in [5.41, 5.74) is 1.79. The molecule has 0 bridgehead atoms. The van der Waals surface area contributed by atoms with E-state index in [1.807, 2.05) is 12.1 Å². The molecule has 11 heteroatoms. The monoisotopic (exact) mass is 417 g/mol. The Hall–Kier alpha value is -2.99. The van der Waals surface area contributed by atoms with Crippen LogP contribution in [0.2, 0.25) is 0 Å². The molecule has 2 aromatic heterocycles. The first kappa shape index (κ1) is 20.3. The maximum atomic E-state index is 10.3. The van der Waals surface area contributed by atoms with Gasteiger partial charge in [-0.3, -0.25) is 4.57 Å². The normalized spacial score (nSPS) is 23.6. The van der Waals surface area contributed by atoms with Crippen molar-refractivity contribution in [1.29, 1.82) is 0 Å². The predicted molar refractivity (Wildman–Crippen MR) is 105 cm³/mol. The van der Waals surface area contributed by atoms with Crippen LogP contribution in [0, 0.1) is 0 Å². The lowest BCUT2D eigenvalue weighted by molar-refractivity contribution is -0.0511. The predicted octanol–water partition coefficient (Wildman–Crippen LogP) is 0.0671. The molecular weight excluding hydrogens is 394 g/mol. The zero-order valence-corrected chi connectivity index (χ0v) is 16.5. The van der Waals surface area contributed by atoms with Crippen molar-refractivity contribution in [2.45, 2.75) is 31.1 Å². The highest BCUT2D eigenvalue weighted by atomic mass is 16.6. The van der Waals surface area contributed by atoms with E-state index >= 15 is 0 Å². The second-order valence-electron chi connectivity index (χ2n) is 6.81. The maximum Gasteiger partial charge on any atom is 0.167 e.